The lowest BCUT2D eigenvalue weighted by Gasteiger charge is -1.77. The predicted octanol–water partition coefficient (Wildman–Crippen LogP) is 0.851. The summed E-state index contributed by atoms with van der Waals surface area (Å²) in [5, 5.41) is 7.56. The third-order valence-corrected chi connectivity index (χ3v) is 0.271. The third-order valence-electron chi connectivity index (χ3n) is 0.271. The van der Waals surface area contributed by atoms with Crippen LogP contribution in [-0.4, -0.2) is 11.1 Å². The molecule has 0 rings (SSSR count). The van der Waals surface area contributed by atoms with E-state index in [0.29, 0.717) is 0 Å². The van der Waals surface area contributed by atoms with Gasteiger partial charge in [-0.25, -0.2) is 9.18 Å². The lowest BCUT2D eigenvalue weighted by atomic mass is 10.6. The molecule has 0 aromatic rings. The second-order valence-electron chi connectivity index (χ2n) is 0.714. The van der Waals surface area contributed by atoms with Crippen molar-refractivity contribution in [1.82, 2.24) is 0 Å². The predicted molar refractivity (Wildman–Crippen MR) is 17.9 cm³/mol. The summed E-state index contributed by atoms with van der Waals surface area (Å²) >= 11 is 0. The average molecular weight is 109 g/mol. The summed E-state index contributed by atoms with van der Waals surface area (Å²) in [7, 11) is 0. The van der Waals surface area contributed by atoms with Crippen molar-refractivity contribution in [3.05, 3.63) is 12.1 Å². The topological polar surface area (TPSA) is 37.3 Å². The van der Waals surface area contributed by atoms with Crippen molar-refractivity contribution in [2.45, 2.75) is 0 Å². The summed E-state index contributed by atoms with van der Waals surface area (Å²) < 4.78 is 28.3. The van der Waals surface area contributed by atoms with Crippen molar-refractivity contribution < 1.29 is 20.1 Å². The van der Waals surface area contributed by atoms with E-state index in [1.165, 1.54) is 0 Å². The van der Waals surface area contributed by atoms with Gasteiger partial charge in [0.05, 0.1) is 1.37 Å². The number of halogens is 2. The summed E-state index contributed by atoms with van der Waals surface area (Å²) in [6.45, 7) is 0. The van der Waals surface area contributed by atoms with E-state index >= 15 is 0 Å². The Hall–Kier alpha value is -0.930. The van der Waals surface area contributed by atoms with E-state index in [-0.39, 0.29) is 0 Å². The minimum absolute atomic E-state index is 2.06. The van der Waals surface area contributed by atoms with Gasteiger partial charge in [0.1, 0.15) is 6.31 Å². The average Bonchev–Trinajstić information content (AvgIpc) is 1.64. The van der Waals surface area contributed by atoms with Gasteiger partial charge in [-0.3, -0.25) is 0 Å². The molecular weight excluding hydrogens is 106 g/mol. The number of rotatable bonds is 1. The van der Waals surface area contributed by atoms with Crippen molar-refractivity contribution in [1.29, 1.82) is 0 Å². The minimum Gasteiger partial charge on any atom is -0.476 e. The molecule has 0 aliphatic carbocycles. The monoisotopic (exact) mass is 109 g/mol. The zero-order valence-corrected chi connectivity index (χ0v) is 3.11. The van der Waals surface area contributed by atoms with E-state index < -0.39 is 18.1 Å². The second-order valence-corrected chi connectivity index (χ2v) is 0.714. The third kappa shape index (κ3) is 1.86. The normalized spacial score (nSPS) is 14.9. The van der Waals surface area contributed by atoms with Gasteiger partial charge >= 0.3 is 5.97 Å². The van der Waals surface area contributed by atoms with Crippen molar-refractivity contribution in [3.63, 3.8) is 0 Å². The lowest BCUT2D eigenvalue weighted by molar-refractivity contribution is -0.134. The molecule has 0 atom stereocenters. The summed E-state index contributed by atoms with van der Waals surface area (Å²) in [5.41, 5.74) is 0. The Balaban J connectivity index is 4.23. The highest BCUT2D eigenvalue weighted by molar-refractivity contribution is 5.83. The SMILES string of the molecule is [2H]C(F)=C(F)C(=O)O. The largest absolute Gasteiger partial charge is 0.476 e. The Labute approximate surface area is 39.5 Å². The van der Waals surface area contributed by atoms with Gasteiger partial charge in [-0.05, 0) is 0 Å². The van der Waals surface area contributed by atoms with E-state index in [0.717, 1.165) is 0 Å². The Morgan fingerprint density at radius 3 is 2.43 bits per heavy atom. The molecular formula is C3H2F2O2. The quantitative estimate of drug-likeness (QED) is 0.507. The van der Waals surface area contributed by atoms with E-state index in [1.54, 1.807) is 0 Å². The van der Waals surface area contributed by atoms with Gasteiger partial charge in [-0.15, -0.1) is 0 Å². The van der Waals surface area contributed by atoms with E-state index in [9.17, 15) is 13.6 Å². The molecule has 0 fully saturated rings. The van der Waals surface area contributed by atoms with Crippen LogP contribution in [0.4, 0.5) is 8.78 Å². The van der Waals surface area contributed by atoms with Crippen LogP contribution >= 0.6 is 0 Å². The molecule has 40 valence electrons. The van der Waals surface area contributed by atoms with Gasteiger partial charge in [0.2, 0.25) is 5.83 Å². The number of carboxylic acids is 1. The summed E-state index contributed by atoms with van der Waals surface area (Å²) in [6, 6.07) is 0. The van der Waals surface area contributed by atoms with Crippen LogP contribution in [0.5, 0.6) is 0 Å². The number of aliphatic carboxylic acids is 1. The number of hydrogen-bond donors (Lipinski definition) is 1. The van der Waals surface area contributed by atoms with Crippen molar-refractivity contribution >= 4 is 5.97 Å². The molecule has 0 bridgehead atoms. The fraction of sp³-hybridized carbons (Fsp3) is 0. The molecule has 0 saturated heterocycles. The Morgan fingerprint density at radius 2 is 2.43 bits per heavy atom. The van der Waals surface area contributed by atoms with Crippen LogP contribution in [0.2, 0.25) is 0 Å². The fourth-order valence-electron chi connectivity index (χ4n) is 0.0404. The molecule has 7 heavy (non-hydrogen) atoms. The van der Waals surface area contributed by atoms with Gasteiger partial charge in [0.25, 0.3) is 0 Å². The van der Waals surface area contributed by atoms with Crippen LogP contribution in [0.15, 0.2) is 12.1 Å². The standard InChI is InChI=1S/C3H2F2O2/c4-1-2(5)3(6)7/h1H,(H,6,7)/i1D. The summed E-state index contributed by atoms with van der Waals surface area (Å²) in [6.07, 6.45) is -2.06. The van der Waals surface area contributed by atoms with Gasteiger partial charge < -0.3 is 5.11 Å². The highest BCUT2D eigenvalue weighted by Crippen LogP contribution is 1.93. The maximum absolute atomic E-state index is 11.4. The molecule has 0 aliphatic rings. The zero-order chi connectivity index (χ0) is 6.73. The second kappa shape index (κ2) is 2.28. The first kappa shape index (κ1) is 4.23. The molecule has 0 aromatic heterocycles. The maximum atomic E-state index is 11.4. The van der Waals surface area contributed by atoms with E-state index in [4.69, 9.17) is 6.48 Å². The van der Waals surface area contributed by atoms with Crippen molar-refractivity contribution in [2.24, 2.45) is 0 Å². The summed E-state index contributed by atoms with van der Waals surface area (Å²) in [4.78, 5) is 9.35. The zero-order valence-electron chi connectivity index (χ0n) is 4.11. The first-order valence-electron chi connectivity index (χ1n) is 1.81. The molecule has 0 amide bonds. The highest BCUT2D eigenvalue weighted by atomic mass is 19.2. The molecule has 0 radical (unpaired) electrons. The Bertz CT molecular complexity index is 138. The lowest BCUT2D eigenvalue weighted by Crippen LogP contribution is -1.92. The van der Waals surface area contributed by atoms with Crippen LogP contribution < -0.4 is 0 Å². The number of carboxylic acid groups (broad SMARTS) is 1. The molecule has 2 nitrogen and oxygen atoms in total. The smallest absolute Gasteiger partial charge is 0.367 e. The molecule has 0 aliphatic heterocycles. The first-order chi connectivity index (χ1) is 3.55. The molecule has 1 N–H and O–H groups in total. The van der Waals surface area contributed by atoms with E-state index in [1.807, 2.05) is 0 Å². The first-order valence-corrected chi connectivity index (χ1v) is 1.31. The molecule has 4 heteroatoms. The Morgan fingerprint density at radius 1 is 2.00 bits per heavy atom. The number of hydrogen-bond acceptors (Lipinski definition) is 1. The van der Waals surface area contributed by atoms with Crippen molar-refractivity contribution in [3.8, 4) is 0 Å². The van der Waals surface area contributed by atoms with Crippen LogP contribution in [0, 0.1) is 0 Å². The molecule has 0 aromatic carbocycles. The van der Waals surface area contributed by atoms with Crippen LogP contribution in [-0.2, 0) is 4.79 Å². The van der Waals surface area contributed by atoms with E-state index in [2.05, 4.69) is 0 Å². The van der Waals surface area contributed by atoms with Crippen molar-refractivity contribution in [2.75, 3.05) is 0 Å². The van der Waals surface area contributed by atoms with Gasteiger partial charge in [0.15, 0.2) is 0 Å². The minimum atomic E-state index is -2.06. The van der Waals surface area contributed by atoms with Crippen LogP contribution in [0.1, 0.15) is 1.37 Å². The van der Waals surface area contributed by atoms with Crippen LogP contribution in [0.3, 0.4) is 0 Å². The molecule has 0 spiro atoms. The van der Waals surface area contributed by atoms with Crippen LogP contribution in [0.25, 0.3) is 0 Å². The highest BCUT2D eigenvalue weighted by Gasteiger charge is 2.02. The summed E-state index contributed by atoms with van der Waals surface area (Å²) in [5.74, 6) is -4.12. The fourth-order valence-corrected chi connectivity index (χ4v) is 0.0404. The maximum Gasteiger partial charge on any atom is 0.367 e. The van der Waals surface area contributed by atoms with Gasteiger partial charge in [-0.2, -0.15) is 4.39 Å². The van der Waals surface area contributed by atoms with Gasteiger partial charge in [-0.1, -0.05) is 0 Å². The molecule has 0 unspecified atom stereocenters. The van der Waals surface area contributed by atoms with Gasteiger partial charge in [0, 0.05) is 0 Å². The Kier molecular flexibility index (Phi) is 1.38. The molecule has 0 heterocycles. The number of carbonyl (C=O) groups is 1. The molecule has 0 saturated carbocycles.